The van der Waals surface area contributed by atoms with Crippen molar-refractivity contribution < 1.29 is 0 Å². The second kappa shape index (κ2) is 13.3. The minimum absolute atomic E-state index is 1.14. The molecule has 0 bridgehead atoms. The molecule has 0 spiro atoms. The molecule has 0 aliphatic carbocycles. The number of hydrogen-bond donors (Lipinski definition) is 0. The highest BCUT2D eigenvalue weighted by atomic mass is 15.0. The molecule has 4 aromatic heterocycles. The number of nitrogens with zero attached hydrogens (tertiary/aromatic N) is 4. The van der Waals surface area contributed by atoms with E-state index in [1.807, 2.05) is 0 Å². The standard InChI is InChI=1S/C62H38N4/c1-3-19-39(20-4-1)63-53-29-13-11-27-45(53)47-35-49-51(37-59(47)63)61(65-55-31-15-7-23-41(55)42-24-8-16-32-56(42)65)50-36-48-46-28-12-14-30-54(46)64(40-21-5-2-6-22-40)60(48)38-52(50)62(49)66-57-33-17-9-25-43(57)44-26-10-18-34-58(44)66/h1-38H. The monoisotopic (exact) mass is 838 g/mol. The molecule has 0 aliphatic rings. The van der Waals surface area contributed by atoms with E-state index in [2.05, 4.69) is 249 Å². The van der Waals surface area contributed by atoms with Gasteiger partial charge in [0.15, 0.2) is 0 Å². The van der Waals surface area contributed by atoms with Gasteiger partial charge in [-0.25, -0.2) is 0 Å². The van der Waals surface area contributed by atoms with Crippen molar-refractivity contribution in [2.24, 2.45) is 0 Å². The average molecular weight is 839 g/mol. The van der Waals surface area contributed by atoms with Gasteiger partial charge in [0.25, 0.3) is 0 Å². The van der Waals surface area contributed by atoms with E-state index in [1.54, 1.807) is 0 Å². The smallest absolute Gasteiger partial charge is 0.0621 e. The van der Waals surface area contributed by atoms with Crippen LogP contribution in [0.15, 0.2) is 231 Å². The molecule has 0 fully saturated rings. The summed E-state index contributed by atoms with van der Waals surface area (Å²) in [5.41, 5.74) is 14.1. The maximum Gasteiger partial charge on any atom is 0.0621 e. The van der Waals surface area contributed by atoms with Gasteiger partial charge in [0.2, 0.25) is 0 Å². The van der Waals surface area contributed by atoms with E-state index in [4.69, 9.17) is 0 Å². The first-order chi connectivity index (χ1) is 32.8. The number of hydrogen-bond acceptors (Lipinski definition) is 0. The molecule has 66 heavy (non-hydrogen) atoms. The van der Waals surface area contributed by atoms with Crippen LogP contribution in [0.4, 0.5) is 0 Å². The SMILES string of the molecule is c1ccc(-n2c3ccccc3c3cc4c(-n5c6ccccc6c6ccccc65)c5cc6c(cc5c(-n5c7ccccc7c7ccccc75)c4cc32)c2ccccc2n6-c2ccccc2)cc1. The van der Waals surface area contributed by atoms with Gasteiger partial charge in [-0.1, -0.05) is 146 Å². The van der Waals surface area contributed by atoms with Crippen molar-refractivity contribution in [3.63, 3.8) is 0 Å². The number of rotatable bonds is 4. The van der Waals surface area contributed by atoms with E-state index in [-0.39, 0.29) is 0 Å². The quantitative estimate of drug-likeness (QED) is 0.157. The number of para-hydroxylation sites is 8. The van der Waals surface area contributed by atoms with Gasteiger partial charge in [0.1, 0.15) is 0 Å². The van der Waals surface area contributed by atoms with Crippen molar-refractivity contribution >= 4 is 109 Å². The van der Waals surface area contributed by atoms with E-state index in [0.29, 0.717) is 0 Å². The van der Waals surface area contributed by atoms with E-state index in [9.17, 15) is 0 Å². The minimum atomic E-state index is 1.14. The van der Waals surface area contributed by atoms with Crippen LogP contribution in [-0.4, -0.2) is 18.3 Å². The van der Waals surface area contributed by atoms with Gasteiger partial charge in [-0.3, -0.25) is 0 Å². The van der Waals surface area contributed by atoms with Crippen LogP contribution in [0.2, 0.25) is 0 Å². The third-order valence-electron chi connectivity index (χ3n) is 14.3. The molecule has 4 nitrogen and oxygen atoms in total. The molecule has 0 N–H and O–H groups in total. The second-order valence-corrected chi connectivity index (χ2v) is 17.6. The molecule has 0 saturated heterocycles. The summed E-state index contributed by atoms with van der Waals surface area (Å²) in [5.74, 6) is 0. The van der Waals surface area contributed by atoms with Gasteiger partial charge in [0, 0.05) is 76.0 Å². The summed E-state index contributed by atoms with van der Waals surface area (Å²) in [7, 11) is 0. The summed E-state index contributed by atoms with van der Waals surface area (Å²) in [4.78, 5) is 0. The first-order valence-corrected chi connectivity index (χ1v) is 22.8. The highest BCUT2D eigenvalue weighted by molar-refractivity contribution is 6.27. The first kappa shape index (κ1) is 35.6. The Hall–Kier alpha value is -8.86. The summed E-state index contributed by atoms with van der Waals surface area (Å²) in [6.07, 6.45) is 0. The molecular weight excluding hydrogens is 801 g/mol. The fraction of sp³-hybridized carbons (Fsp3) is 0. The Bertz CT molecular complexity index is 4110. The zero-order chi connectivity index (χ0) is 43.0. The van der Waals surface area contributed by atoms with Crippen molar-refractivity contribution in [3.05, 3.63) is 231 Å². The third kappa shape index (κ3) is 4.72. The lowest BCUT2D eigenvalue weighted by Gasteiger charge is -2.22. The van der Waals surface area contributed by atoms with Crippen LogP contribution < -0.4 is 0 Å². The molecule has 4 heteroatoms. The van der Waals surface area contributed by atoms with Crippen LogP contribution in [0.1, 0.15) is 0 Å². The van der Waals surface area contributed by atoms with Crippen molar-refractivity contribution in [1.82, 2.24) is 18.3 Å². The molecule has 4 heterocycles. The van der Waals surface area contributed by atoms with Gasteiger partial charge in [-0.2, -0.15) is 0 Å². The van der Waals surface area contributed by atoms with Crippen LogP contribution in [0.5, 0.6) is 0 Å². The molecule has 15 rings (SSSR count). The predicted octanol–water partition coefficient (Wildman–Crippen LogP) is 16.4. The van der Waals surface area contributed by atoms with Gasteiger partial charge in [-0.05, 0) is 84.9 Å². The molecule has 0 saturated carbocycles. The molecule has 0 atom stereocenters. The lowest BCUT2D eigenvalue weighted by molar-refractivity contribution is 1.17. The van der Waals surface area contributed by atoms with Crippen LogP contribution >= 0.6 is 0 Å². The molecule has 306 valence electrons. The van der Waals surface area contributed by atoms with E-state index >= 15 is 0 Å². The summed E-state index contributed by atoms with van der Waals surface area (Å²) in [6, 6.07) is 85.3. The normalized spacial score (nSPS) is 12.2. The number of aromatic nitrogens is 4. The third-order valence-corrected chi connectivity index (χ3v) is 14.3. The van der Waals surface area contributed by atoms with Gasteiger partial charge in [-0.15, -0.1) is 0 Å². The summed E-state index contributed by atoms with van der Waals surface area (Å²) in [6.45, 7) is 0. The Kier molecular flexibility index (Phi) is 7.19. The van der Waals surface area contributed by atoms with E-state index in [1.165, 1.54) is 120 Å². The molecular formula is C62H38N4. The number of fused-ring (bicyclic) bond motifs is 14. The van der Waals surface area contributed by atoms with Crippen LogP contribution in [0.25, 0.3) is 132 Å². The maximum atomic E-state index is 2.56. The molecule has 0 aliphatic heterocycles. The minimum Gasteiger partial charge on any atom is -0.309 e. The van der Waals surface area contributed by atoms with E-state index in [0.717, 1.165) is 11.4 Å². The number of benzene rings is 11. The zero-order valence-corrected chi connectivity index (χ0v) is 35.7. The van der Waals surface area contributed by atoms with Crippen LogP contribution in [0, 0.1) is 0 Å². The van der Waals surface area contributed by atoms with Gasteiger partial charge < -0.3 is 18.3 Å². The van der Waals surface area contributed by atoms with Crippen molar-refractivity contribution in [3.8, 4) is 22.7 Å². The Balaban J connectivity index is 1.26. The second-order valence-electron chi connectivity index (χ2n) is 17.6. The van der Waals surface area contributed by atoms with Crippen molar-refractivity contribution in [2.45, 2.75) is 0 Å². The summed E-state index contributed by atoms with van der Waals surface area (Å²) < 4.78 is 10.0. The maximum absolute atomic E-state index is 2.56. The molecule has 0 unspecified atom stereocenters. The predicted molar refractivity (Wildman–Crippen MR) is 279 cm³/mol. The van der Waals surface area contributed by atoms with E-state index < -0.39 is 0 Å². The van der Waals surface area contributed by atoms with Crippen LogP contribution in [0.3, 0.4) is 0 Å². The summed E-state index contributed by atoms with van der Waals surface area (Å²) >= 11 is 0. The largest absolute Gasteiger partial charge is 0.309 e. The average Bonchev–Trinajstić information content (AvgIpc) is 4.10. The topological polar surface area (TPSA) is 19.7 Å². The Morgan fingerprint density at radius 1 is 0.167 bits per heavy atom. The summed E-state index contributed by atoms with van der Waals surface area (Å²) in [5, 5.41) is 14.6. The zero-order valence-electron chi connectivity index (χ0n) is 35.7. The molecule has 15 aromatic rings. The highest BCUT2D eigenvalue weighted by Gasteiger charge is 2.27. The first-order valence-electron chi connectivity index (χ1n) is 22.8. The fourth-order valence-electron chi connectivity index (χ4n) is 11.6. The van der Waals surface area contributed by atoms with Gasteiger partial charge in [0.05, 0.1) is 55.5 Å². The van der Waals surface area contributed by atoms with Gasteiger partial charge >= 0.3 is 0 Å². The molecule has 11 aromatic carbocycles. The molecule has 0 amide bonds. The highest BCUT2D eigenvalue weighted by Crippen LogP contribution is 2.49. The van der Waals surface area contributed by atoms with Crippen molar-refractivity contribution in [2.75, 3.05) is 0 Å². The lowest BCUT2D eigenvalue weighted by Crippen LogP contribution is -2.04. The van der Waals surface area contributed by atoms with Crippen LogP contribution in [-0.2, 0) is 0 Å². The Morgan fingerprint density at radius 3 is 0.727 bits per heavy atom. The Labute approximate surface area is 378 Å². The lowest BCUT2D eigenvalue weighted by atomic mass is 9.94. The fourth-order valence-corrected chi connectivity index (χ4v) is 11.6. The molecule has 0 radical (unpaired) electrons. The Morgan fingerprint density at radius 2 is 0.409 bits per heavy atom. The van der Waals surface area contributed by atoms with Crippen molar-refractivity contribution in [1.29, 1.82) is 0 Å².